The van der Waals surface area contributed by atoms with Crippen molar-refractivity contribution >= 4 is 26.9 Å². The van der Waals surface area contributed by atoms with E-state index in [1.165, 1.54) is 0 Å². The molecule has 0 saturated carbocycles. The molecule has 0 aliphatic heterocycles. The van der Waals surface area contributed by atoms with Crippen LogP contribution < -0.4 is 0 Å². The molecule has 0 aliphatic rings. The lowest BCUT2D eigenvalue weighted by atomic mass is 10.2. The van der Waals surface area contributed by atoms with Crippen molar-refractivity contribution < 1.29 is 0 Å². The molecular formula is C9H24NSi3. The van der Waals surface area contributed by atoms with Crippen LogP contribution in [0, 0.1) is 0 Å². The summed E-state index contributed by atoms with van der Waals surface area (Å²) in [5.74, 6) is 0. The lowest BCUT2D eigenvalue weighted by Crippen LogP contribution is -2.63. The Morgan fingerprint density at radius 3 is 1.31 bits per heavy atom. The van der Waals surface area contributed by atoms with Crippen LogP contribution in [0.2, 0.25) is 37.8 Å². The van der Waals surface area contributed by atoms with Crippen LogP contribution >= 0.6 is 0 Å². The fourth-order valence-corrected chi connectivity index (χ4v) is 10.6. The maximum atomic E-state index is 3.87. The highest BCUT2D eigenvalue weighted by Crippen LogP contribution is 2.39. The largest absolute Gasteiger partial charge is 0.372 e. The van der Waals surface area contributed by atoms with E-state index in [1.807, 2.05) is 0 Å². The van der Waals surface area contributed by atoms with Crippen molar-refractivity contribution in [3.05, 3.63) is 0 Å². The monoisotopic (exact) mass is 230 g/mol. The molecule has 0 saturated heterocycles. The highest BCUT2D eigenvalue weighted by atomic mass is 28.4. The summed E-state index contributed by atoms with van der Waals surface area (Å²) in [7, 11) is 1.33. The predicted octanol–water partition coefficient (Wildman–Crippen LogP) is 3.21. The quantitative estimate of drug-likeness (QED) is 0.659. The second-order valence-corrected chi connectivity index (χ2v) is 18.0. The second kappa shape index (κ2) is 3.64. The topological polar surface area (TPSA) is 3.24 Å². The summed E-state index contributed by atoms with van der Waals surface area (Å²) in [6.45, 7) is 19.1. The van der Waals surface area contributed by atoms with Gasteiger partial charge in [-0.1, -0.05) is 53.5 Å². The lowest BCUT2D eigenvalue weighted by Gasteiger charge is -2.50. The van der Waals surface area contributed by atoms with Crippen molar-refractivity contribution in [2.75, 3.05) is 0 Å². The first-order chi connectivity index (χ1) is 5.40. The smallest absolute Gasteiger partial charge is 0.127 e. The minimum absolute atomic E-state index is 0.426. The molecule has 13 heavy (non-hydrogen) atoms. The van der Waals surface area contributed by atoms with Crippen molar-refractivity contribution in [1.82, 2.24) is 3.90 Å². The minimum Gasteiger partial charge on any atom is -0.372 e. The van der Waals surface area contributed by atoms with Gasteiger partial charge in [-0.05, 0) is 5.04 Å². The van der Waals surface area contributed by atoms with Crippen LogP contribution in [0.5, 0.6) is 0 Å². The molecule has 0 fully saturated rings. The van der Waals surface area contributed by atoms with E-state index in [4.69, 9.17) is 0 Å². The zero-order valence-corrected chi connectivity index (χ0v) is 13.4. The second-order valence-electron chi connectivity index (χ2n) is 6.32. The van der Waals surface area contributed by atoms with Crippen LogP contribution in [-0.2, 0) is 0 Å². The highest BCUT2D eigenvalue weighted by molar-refractivity contribution is 6.95. The molecule has 0 heterocycles. The molecule has 0 rings (SSSR count). The molecule has 77 valence electrons. The third-order valence-electron chi connectivity index (χ3n) is 3.07. The van der Waals surface area contributed by atoms with Gasteiger partial charge in [0, 0.05) is 0 Å². The Balaban J connectivity index is 4.86. The van der Waals surface area contributed by atoms with E-state index in [0.29, 0.717) is 5.04 Å². The van der Waals surface area contributed by atoms with Gasteiger partial charge in [0.2, 0.25) is 0 Å². The SMILES string of the molecule is CC(C)(C)[Si](C)(C)N([Si])[Si](C)(C)C. The molecule has 0 aromatic rings. The summed E-state index contributed by atoms with van der Waals surface area (Å²) < 4.78 is 2.54. The molecule has 0 unspecified atom stereocenters. The first-order valence-corrected chi connectivity index (χ1v) is 11.8. The standard InChI is InChI=1S/C9H24NSi3/c1-9(2,3)13(7,8)10(11)12(4,5)6/h1-8H3. The zero-order chi connectivity index (χ0) is 11.1. The normalized spacial score (nSPS) is 15.2. The molecule has 0 N–H and O–H groups in total. The molecule has 0 aromatic heterocycles. The van der Waals surface area contributed by atoms with E-state index >= 15 is 0 Å². The Kier molecular flexibility index (Phi) is 3.81. The van der Waals surface area contributed by atoms with Crippen LogP contribution in [-0.4, -0.2) is 30.8 Å². The van der Waals surface area contributed by atoms with Crippen LogP contribution in [0.1, 0.15) is 20.8 Å². The Morgan fingerprint density at radius 1 is 0.923 bits per heavy atom. The van der Waals surface area contributed by atoms with Gasteiger partial charge in [0.15, 0.2) is 0 Å². The minimum atomic E-state index is -1.34. The number of nitrogens with zero attached hydrogens (tertiary/aromatic N) is 1. The zero-order valence-electron chi connectivity index (χ0n) is 10.4. The first-order valence-electron chi connectivity index (χ1n) is 4.92. The van der Waals surface area contributed by atoms with E-state index in [2.05, 4.69) is 67.8 Å². The van der Waals surface area contributed by atoms with E-state index in [1.54, 1.807) is 0 Å². The summed E-state index contributed by atoms with van der Waals surface area (Å²) in [6.07, 6.45) is 0. The Bertz CT molecular complexity index is 176. The fraction of sp³-hybridized carbons (Fsp3) is 1.00. The Labute approximate surface area is 89.6 Å². The maximum Gasteiger partial charge on any atom is 0.127 e. The summed E-state index contributed by atoms with van der Waals surface area (Å²) in [5.41, 5.74) is 0. The van der Waals surface area contributed by atoms with Gasteiger partial charge in [-0.2, -0.15) is 0 Å². The van der Waals surface area contributed by atoms with Gasteiger partial charge in [-0.3, -0.25) is 0 Å². The first kappa shape index (κ1) is 13.6. The molecule has 4 heteroatoms. The van der Waals surface area contributed by atoms with Crippen molar-refractivity contribution in [1.29, 1.82) is 0 Å². The summed E-state index contributed by atoms with van der Waals surface area (Å²) >= 11 is 0. The van der Waals surface area contributed by atoms with E-state index in [0.717, 1.165) is 0 Å². The van der Waals surface area contributed by atoms with Gasteiger partial charge in [-0.15, -0.1) is 0 Å². The molecule has 3 radical (unpaired) electrons. The maximum absolute atomic E-state index is 3.87. The highest BCUT2D eigenvalue weighted by Gasteiger charge is 2.43. The van der Waals surface area contributed by atoms with E-state index < -0.39 is 16.5 Å². The average Bonchev–Trinajstić information content (AvgIpc) is 1.81. The fourth-order valence-electron chi connectivity index (χ4n) is 1.17. The molecule has 0 aliphatic carbocycles. The Morgan fingerprint density at radius 2 is 1.23 bits per heavy atom. The predicted molar refractivity (Wildman–Crippen MR) is 68.1 cm³/mol. The van der Waals surface area contributed by atoms with Gasteiger partial charge < -0.3 is 3.90 Å². The van der Waals surface area contributed by atoms with Gasteiger partial charge in [0.1, 0.15) is 26.9 Å². The van der Waals surface area contributed by atoms with Crippen molar-refractivity contribution in [2.45, 2.75) is 58.5 Å². The molecule has 0 atom stereocenters. The van der Waals surface area contributed by atoms with Crippen LogP contribution in [0.25, 0.3) is 0 Å². The van der Waals surface area contributed by atoms with Crippen LogP contribution in [0.15, 0.2) is 0 Å². The summed E-state index contributed by atoms with van der Waals surface area (Å²) in [4.78, 5) is 0. The number of hydrogen-bond acceptors (Lipinski definition) is 1. The Hall–Kier alpha value is 0.611. The van der Waals surface area contributed by atoms with Crippen LogP contribution in [0.3, 0.4) is 0 Å². The van der Waals surface area contributed by atoms with Crippen molar-refractivity contribution in [3.63, 3.8) is 0 Å². The lowest BCUT2D eigenvalue weighted by molar-refractivity contribution is 0.675. The summed E-state index contributed by atoms with van der Waals surface area (Å²) in [5, 5.41) is 0.426. The van der Waals surface area contributed by atoms with E-state index in [9.17, 15) is 0 Å². The summed E-state index contributed by atoms with van der Waals surface area (Å²) in [6, 6.07) is 0. The third kappa shape index (κ3) is 3.04. The van der Waals surface area contributed by atoms with Gasteiger partial charge in [-0.25, -0.2) is 0 Å². The molecule has 0 spiro atoms. The molecular weight excluding hydrogens is 206 g/mol. The van der Waals surface area contributed by atoms with Gasteiger partial charge in [0.05, 0.1) is 0 Å². The average molecular weight is 231 g/mol. The third-order valence-corrected chi connectivity index (χ3v) is 16.6. The van der Waals surface area contributed by atoms with Crippen molar-refractivity contribution in [3.8, 4) is 0 Å². The van der Waals surface area contributed by atoms with Gasteiger partial charge in [0.25, 0.3) is 0 Å². The van der Waals surface area contributed by atoms with E-state index in [-0.39, 0.29) is 0 Å². The number of rotatable bonds is 2. The number of hydrogen-bond donors (Lipinski definition) is 0. The van der Waals surface area contributed by atoms with Crippen LogP contribution in [0.4, 0.5) is 0 Å². The molecule has 0 bridgehead atoms. The molecule has 0 aromatic carbocycles. The molecule has 1 nitrogen and oxygen atoms in total. The van der Waals surface area contributed by atoms with Crippen molar-refractivity contribution in [2.24, 2.45) is 0 Å². The molecule has 0 amide bonds. The van der Waals surface area contributed by atoms with Gasteiger partial charge >= 0.3 is 0 Å².